The molecule has 0 atom stereocenters. The topological polar surface area (TPSA) is 53.1 Å². The quantitative estimate of drug-likeness (QED) is 0.705. The van der Waals surface area contributed by atoms with Gasteiger partial charge in [0.25, 0.3) is 0 Å². The van der Waals surface area contributed by atoms with Crippen LogP contribution in [-0.2, 0) is 0 Å². The Bertz CT molecular complexity index is 338. The summed E-state index contributed by atoms with van der Waals surface area (Å²) in [5, 5.41) is 6.41. The number of rotatable bonds is 7. The minimum Gasteiger partial charge on any atom is -0.373 e. The summed E-state index contributed by atoms with van der Waals surface area (Å²) in [5.41, 5.74) is 1.07. The van der Waals surface area contributed by atoms with Gasteiger partial charge in [-0.3, -0.25) is 0 Å². The summed E-state index contributed by atoms with van der Waals surface area (Å²) in [4.78, 5) is 10.6. The lowest BCUT2D eigenvalue weighted by Crippen LogP contribution is -2.14. The Labute approximate surface area is 104 Å². The molecule has 96 valence electrons. The van der Waals surface area contributed by atoms with E-state index in [4.69, 9.17) is 0 Å². The molecular formula is C12H23N5. The standard InChI is InChI=1S/C12H23N5/c1-10-11(13-2)15-9-16-12(10)14-7-5-6-8-17(3)4/h9H,5-8H2,1-4H3,(H2,13,14,15,16). The maximum atomic E-state index is 4.25. The van der Waals surface area contributed by atoms with Crippen LogP contribution >= 0.6 is 0 Å². The van der Waals surface area contributed by atoms with E-state index in [1.807, 2.05) is 14.0 Å². The van der Waals surface area contributed by atoms with Crippen LogP contribution in [0.2, 0.25) is 0 Å². The molecule has 0 unspecified atom stereocenters. The summed E-state index contributed by atoms with van der Waals surface area (Å²) >= 11 is 0. The second-order valence-electron chi connectivity index (χ2n) is 4.38. The van der Waals surface area contributed by atoms with E-state index >= 15 is 0 Å². The van der Waals surface area contributed by atoms with Crippen LogP contribution in [0.1, 0.15) is 18.4 Å². The molecule has 0 bridgehead atoms. The van der Waals surface area contributed by atoms with Gasteiger partial charge in [0, 0.05) is 19.2 Å². The van der Waals surface area contributed by atoms with Gasteiger partial charge in [0.1, 0.15) is 18.0 Å². The summed E-state index contributed by atoms with van der Waals surface area (Å²) in [5.74, 6) is 1.81. The zero-order chi connectivity index (χ0) is 12.7. The number of nitrogens with one attached hydrogen (secondary N) is 2. The van der Waals surface area contributed by atoms with Crippen molar-refractivity contribution in [2.75, 3.05) is 44.9 Å². The lowest BCUT2D eigenvalue weighted by atomic mass is 10.2. The average molecular weight is 237 g/mol. The first-order valence-electron chi connectivity index (χ1n) is 6.03. The number of unbranched alkanes of at least 4 members (excludes halogenated alkanes) is 1. The molecule has 0 saturated heterocycles. The molecular weight excluding hydrogens is 214 g/mol. The minimum atomic E-state index is 0.885. The lowest BCUT2D eigenvalue weighted by Gasteiger charge is -2.12. The molecule has 1 aromatic heterocycles. The summed E-state index contributed by atoms with van der Waals surface area (Å²) in [6.45, 7) is 4.11. The molecule has 2 N–H and O–H groups in total. The average Bonchev–Trinajstić information content (AvgIpc) is 2.30. The first kappa shape index (κ1) is 13.7. The van der Waals surface area contributed by atoms with E-state index in [9.17, 15) is 0 Å². The van der Waals surface area contributed by atoms with Crippen molar-refractivity contribution in [2.24, 2.45) is 0 Å². The predicted octanol–water partition coefficient (Wildman–Crippen LogP) is 1.58. The second kappa shape index (κ2) is 7.06. The van der Waals surface area contributed by atoms with Gasteiger partial charge in [-0.2, -0.15) is 0 Å². The molecule has 0 amide bonds. The van der Waals surface area contributed by atoms with E-state index < -0.39 is 0 Å². The molecule has 0 radical (unpaired) electrons. The number of aromatic nitrogens is 2. The van der Waals surface area contributed by atoms with Crippen LogP contribution in [0.25, 0.3) is 0 Å². The minimum absolute atomic E-state index is 0.885. The van der Waals surface area contributed by atoms with Crippen LogP contribution in [0, 0.1) is 6.92 Å². The smallest absolute Gasteiger partial charge is 0.134 e. The largest absolute Gasteiger partial charge is 0.373 e. The SMILES string of the molecule is CNc1ncnc(NCCCCN(C)C)c1C. The van der Waals surface area contributed by atoms with Gasteiger partial charge < -0.3 is 15.5 Å². The van der Waals surface area contributed by atoms with Crippen LogP contribution in [-0.4, -0.2) is 49.1 Å². The Balaban J connectivity index is 2.36. The zero-order valence-electron chi connectivity index (χ0n) is 11.2. The monoisotopic (exact) mass is 237 g/mol. The number of hydrogen-bond donors (Lipinski definition) is 2. The third-order valence-electron chi connectivity index (χ3n) is 2.65. The van der Waals surface area contributed by atoms with Gasteiger partial charge in [0.05, 0.1) is 0 Å². The van der Waals surface area contributed by atoms with E-state index in [0.717, 1.165) is 36.7 Å². The van der Waals surface area contributed by atoms with Gasteiger partial charge in [0.2, 0.25) is 0 Å². The lowest BCUT2D eigenvalue weighted by molar-refractivity contribution is 0.396. The van der Waals surface area contributed by atoms with Gasteiger partial charge >= 0.3 is 0 Å². The van der Waals surface area contributed by atoms with E-state index in [0.29, 0.717) is 0 Å². The molecule has 5 heteroatoms. The van der Waals surface area contributed by atoms with Gasteiger partial charge in [-0.1, -0.05) is 0 Å². The fourth-order valence-corrected chi connectivity index (χ4v) is 1.64. The van der Waals surface area contributed by atoms with Crippen LogP contribution in [0.4, 0.5) is 11.6 Å². The number of nitrogens with zero attached hydrogens (tertiary/aromatic N) is 3. The van der Waals surface area contributed by atoms with E-state index in [1.165, 1.54) is 6.42 Å². The normalized spacial score (nSPS) is 10.6. The molecule has 1 heterocycles. The summed E-state index contributed by atoms with van der Waals surface area (Å²) in [6, 6.07) is 0. The van der Waals surface area contributed by atoms with Gasteiger partial charge in [-0.05, 0) is 40.4 Å². The second-order valence-corrected chi connectivity index (χ2v) is 4.38. The third kappa shape index (κ3) is 4.56. The summed E-state index contributed by atoms with van der Waals surface area (Å²) in [7, 11) is 6.07. The highest BCUT2D eigenvalue weighted by Crippen LogP contribution is 2.17. The molecule has 5 nitrogen and oxygen atoms in total. The summed E-state index contributed by atoms with van der Waals surface area (Å²) in [6.07, 6.45) is 3.93. The molecule has 0 fully saturated rings. The van der Waals surface area contributed by atoms with Crippen molar-refractivity contribution in [3.8, 4) is 0 Å². The molecule has 17 heavy (non-hydrogen) atoms. The molecule has 0 saturated carbocycles. The maximum absolute atomic E-state index is 4.25. The van der Waals surface area contributed by atoms with Crippen molar-refractivity contribution in [1.29, 1.82) is 0 Å². The maximum Gasteiger partial charge on any atom is 0.134 e. The Morgan fingerprint density at radius 3 is 2.53 bits per heavy atom. The highest BCUT2D eigenvalue weighted by Gasteiger charge is 2.04. The van der Waals surface area contributed by atoms with Gasteiger partial charge in [0.15, 0.2) is 0 Å². The fraction of sp³-hybridized carbons (Fsp3) is 0.667. The number of hydrogen-bond acceptors (Lipinski definition) is 5. The first-order valence-corrected chi connectivity index (χ1v) is 6.03. The van der Waals surface area contributed by atoms with Crippen molar-refractivity contribution < 1.29 is 0 Å². The van der Waals surface area contributed by atoms with Gasteiger partial charge in [-0.15, -0.1) is 0 Å². The van der Waals surface area contributed by atoms with Gasteiger partial charge in [-0.25, -0.2) is 9.97 Å². The van der Waals surface area contributed by atoms with Crippen molar-refractivity contribution in [1.82, 2.24) is 14.9 Å². The van der Waals surface area contributed by atoms with E-state index in [2.05, 4.69) is 39.6 Å². The molecule has 0 aliphatic carbocycles. The Kier molecular flexibility index (Phi) is 5.69. The number of anilines is 2. The van der Waals surface area contributed by atoms with Crippen molar-refractivity contribution in [2.45, 2.75) is 19.8 Å². The van der Waals surface area contributed by atoms with Crippen LogP contribution < -0.4 is 10.6 Å². The molecule has 0 spiro atoms. The van der Waals surface area contributed by atoms with Crippen LogP contribution in [0.3, 0.4) is 0 Å². The van der Waals surface area contributed by atoms with Crippen LogP contribution in [0.15, 0.2) is 6.33 Å². The molecule has 0 aliphatic rings. The predicted molar refractivity (Wildman–Crippen MR) is 72.6 cm³/mol. The Hall–Kier alpha value is -1.36. The molecule has 1 aromatic rings. The van der Waals surface area contributed by atoms with Crippen molar-refractivity contribution in [3.05, 3.63) is 11.9 Å². The summed E-state index contributed by atoms with van der Waals surface area (Å²) < 4.78 is 0. The fourth-order valence-electron chi connectivity index (χ4n) is 1.64. The Morgan fingerprint density at radius 1 is 1.18 bits per heavy atom. The van der Waals surface area contributed by atoms with Crippen molar-refractivity contribution >= 4 is 11.6 Å². The highest BCUT2D eigenvalue weighted by atomic mass is 15.1. The zero-order valence-corrected chi connectivity index (χ0v) is 11.2. The highest BCUT2D eigenvalue weighted by molar-refractivity contribution is 5.55. The molecule has 0 aliphatic heterocycles. The van der Waals surface area contributed by atoms with Crippen LogP contribution in [0.5, 0.6) is 0 Å². The van der Waals surface area contributed by atoms with E-state index in [1.54, 1.807) is 6.33 Å². The van der Waals surface area contributed by atoms with Crippen molar-refractivity contribution in [3.63, 3.8) is 0 Å². The molecule has 1 rings (SSSR count). The van der Waals surface area contributed by atoms with E-state index in [-0.39, 0.29) is 0 Å². The third-order valence-corrected chi connectivity index (χ3v) is 2.65. The molecule has 0 aromatic carbocycles. The first-order chi connectivity index (χ1) is 8.15. The Morgan fingerprint density at radius 2 is 1.88 bits per heavy atom.